The van der Waals surface area contributed by atoms with E-state index in [1.165, 1.54) is 11.1 Å². The number of benzene rings is 1. The first-order valence-corrected chi connectivity index (χ1v) is 8.09. The van der Waals surface area contributed by atoms with Crippen molar-refractivity contribution >= 4 is 5.65 Å². The smallest absolute Gasteiger partial charge is 0.137 e. The number of hydrogen-bond acceptors (Lipinski definition) is 3. The number of pyridine rings is 1. The van der Waals surface area contributed by atoms with Crippen LogP contribution in [0.5, 0.6) is 0 Å². The largest absolute Gasteiger partial charge is 0.396 e. The SMILES string of the molecule is Cc1ccn2c(CNC(CCCO)c3ccccc3)cnc2c1. The molecule has 0 fully saturated rings. The molecule has 2 N–H and O–H groups in total. The molecule has 23 heavy (non-hydrogen) atoms. The van der Waals surface area contributed by atoms with Crippen LogP contribution in [0, 0.1) is 6.92 Å². The van der Waals surface area contributed by atoms with Crippen molar-refractivity contribution in [3.05, 3.63) is 71.7 Å². The van der Waals surface area contributed by atoms with Gasteiger partial charge in [0, 0.05) is 25.4 Å². The van der Waals surface area contributed by atoms with Crippen molar-refractivity contribution in [2.75, 3.05) is 6.61 Å². The first kappa shape index (κ1) is 15.7. The van der Waals surface area contributed by atoms with Crippen LogP contribution in [-0.4, -0.2) is 21.1 Å². The lowest BCUT2D eigenvalue weighted by Gasteiger charge is -2.19. The van der Waals surface area contributed by atoms with E-state index in [1.807, 2.05) is 12.3 Å². The summed E-state index contributed by atoms with van der Waals surface area (Å²) in [5.41, 5.74) is 4.59. The van der Waals surface area contributed by atoms with Crippen molar-refractivity contribution in [2.45, 2.75) is 32.4 Å². The van der Waals surface area contributed by atoms with Crippen LogP contribution >= 0.6 is 0 Å². The predicted octanol–water partition coefficient (Wildman–Crippen LogP) is 3.25. The minimum absolute atomic E-state index is 0.222. The predicted molar refractivity (Wildman–Crippen MR) is 92.3 cm³/mol. The van der Waals surface area contributed by atoms with Gasteiger partial charge in [0.2, 0.25) is 0 Å². The summed E-state index contributed by atoms with van der Waals surface area (Å²) in [5.74, 6) is 0. The van der Waals surface area contributed by atoms with E-state index in [0.717, 1.165) is 30.7 Å². The molecule has 0 spiro atoms. The monoisotopic (exact) mass is 309 g/mol. The number of aliphatic hydroxyl groups excluding tert-OH is 1. The fourth-order valence-corrected chi connectivity index (χ4v) is 2.86. The van der Waals surface area contributed by atoms with Gasteiger partial charge in [0.05, 0.1) is 11.9 Å². The van der Waals surface area contributed by atoms with Crippen LogP contribution in [0.2, 0.25) is 0 Å². The second-order valence-corrected chi connectivity index (χ2v) is 5.89. The molecule has 4 nitrogen and oxygen atoms in total. The molecule has 0 aliphatic heterocycles. The van der Waals surface area contributed by atoms with Crippen molar-refractivity contribution in [1.29, 1.82) is 0 Å². The first-order valence-electron chi connectivity index (χ1n) is 8.09. The molecule has 0 amide bonds. The maximum atomic E-state index is 9.14. The van der Waals surface area contributed by atoms with Crippen molar-refractivity contribution in [3.8, 4) is 0 Å². The molecular weight excluding hydrogens is 286 g/mol. The Morgan fingerprint density at radius 1 is 1.22 bits per heavy atom. The van der Waals surface area contributed by atoms with Crippen LogP contribution in [0.1, 0.15) is 35.7 Å². The van der Waals surface area contributed by atoms with Crippen LogP contribution in [0.25, 0.3) is 5.65 Å². The zero-order valence-corrected chi connectivity index (χ0v) is 13.4. The number of aryl methyl sites for hydroxylation is 1. The molecule has 0 aliphatic carbocycles. The Labute approximate surface area is 136 Å². The summed E-state index contributed by atoms with van der Waals surface area (Å²) in [6, 6.07) is 14.8. The van der Waals surface area contributed by atoms with Crippen LogP contribution < -0.4 is 5.32 Å². The van der Waals surface area contributed by atoms with E-state index in [0.29, 0.717) is 0 Å². The second-order valence-electron chi connectivity index (χ2n) is 5.89. The number of aromatic nitrogens is 2. The summed E-state index contributed by atoms with van der Waals surface area (Å²) in [4.78, 5) is 4.48. The van der Waals surface area contributed by atoms with E-state index in [2.05, 4.69) is 64.2 Å². The number of aliphatic hydroxyl groups is 1. The molecule has 0 aliphatic rings. The van der Waals surface area contributed by atoms with Crippen LogP contribution in [0.15, 0.2) is 54.9 Å². The van der Waals surface area contributed by atoms with Crippen molar-refractivity contribution in [2.24, 2.45) is 0 Å². The van der Waals surface area contributed by atoms with Crippen molar-refractivity contribution < 1.29 is 5.11 Å². The van der Waals surface area contributed by atoms with Crippen LogP contribution in [0.3, 0.4) is 0 Å². The number of hydrogen-bond donors (Lipinski definition) is 2. The molecule has 0 saturated carbocycles. The topological polar surface area (TPSA) is 49.6 Å². The molecule has 120 valence electrons. The Morgan fingerprint density at radius 2 is 2.04 bits per heavy atom. The normalized spacial score (nSPS) is 12.6. The highest BCUT2D eigenvalue weighted by Gasteiger charge is 2.11. The maximum Gasteiger partial charge on any atom is 0.137 e. The number of rotatable bonds is 7. The van der Waals surface area contributed by atoms with E-state index in [4.69, 9.17) is 5.11 Å². The quantitative estimate of drug-likeness (QED) is 0.704. The third-order valence-electron chi connectivity index (χ3n) is 4.13. The Hall–Kier alpha value is -2.17. The fraction of sp³-hybridized carbons (Fsp3) is 0.316. The second kappa shape index (κ2) is 7.40. The fourth-order valence-electron chi connectivity index (χ4n) is 2.86. The van der Waals surface area contributed by atoms with Crippen LogP contribution in [-0.2, 0) is 6.54 Å². The summed E-state index contributed by atoms with van der Waals surface area (Å²) >= 11 is 0. The van der Waals surface area contributed by atoms with Crippen molar-refractivity contribution in [3.63, 3.8) is 0 Å². The number of nitrogens with one attached hydrogen (secondary N) is 1. The summed E-state index contributed by atoms with van der Waals surface area (Å²) < 4.78 is 2.12. The lowest BCUT2D eigenvalue weighted by atomic mass is 10.0. The zero-order chi connectivity index (χ0) is 16.1. The number of imidazole rings is 1. The molecule has 0 bridgehead atoms. The molecule has 1 atom stereocenters. The number of nitrogens with zero attached hydrogens (tertiary/aromatic N) is 2. The van der Waals surface area contributed by atoms with Gasteiger partial charge >= 0.3 is 0 Å². The van der Waals surface area contributed by atoms with Crippen molar-refractivity contribution in [1.82, 2.24) is 14.7 Å². The molecule has 1 aromatic carbocycles. The highest BCUT2D eigenvalue weighted by molar-refractivity contribution is 5.42. The van der Waals surface area contributed by atoms with Gasteiger partial charge in [-0.2, -0.15) is 0 Å². The summed E-state index contributed by atoms with van der Waals surface area (Å²) in [5, 5.41) is 12.7. The molecule has 1 unspecified atom stereocenters. The average Bonchev–Trinajstić information content (AvgIpc) is 2.98. The summed E-state index contributed by atoms with van der Waals surface area (Å²) in [6.07, 6.45) is 5.70. The molecule has 2 aromatic heterocycles. The molecule has 0 saturated heterocycles. The highest BCUT2D eigenvalue weighted by atomic mass is 16.2. The molecule has 3 rings (SSSR count). The van der Waals surface area contributed by atoms with E-state index in [-0.39, 0.29) is 12.6 Å². The van der Waals surface area contributed by atoms with Gasteiger partial charge in [0.15, 0.2) is 0 Å². The Bertz CT molecular complexity index is 752. The Morgan fingerprint density at radius 3 is 2.83 bits per heavy atom. The van der Waals surface area contributed by atoms with Gasteiger partial charge in [-0.15, -0.1) is 0 Å². The zero-order valence-electron chi connectivity index (χ0n) is 13.4. The van der Waals surface area contributed by atoms with Gasteiger partial charge in [0.1, 0.15) is 5.65 Å². The van der Waals surface area contributed by atoms with Gasteiger partial charge in [0.25, 0.3) is 0 Å². The minimum atomic E-state index is 0.222. The lowest BCUT2D eigenvalue weighted by molar-refractivity contribution is 0.274. The minimum Gasteiger partial charge on any atom is -0.396 e. The molecule has 0 radical (unpaired) electrons. The van der Waals surface area contributed by atoms with Gasteiger partial charge in [-0.05, 0) is 43.0 Å². The standard InChI is InChI=1S/C19H23N3O/c1-15-9-10-22-17(14-21-19(22)12-15)13-20-18(8-5-11-23)16-6-3-2-4-7-16/h2-4,6-7,9-10,12,14,18,20,23H,5,8,11,13H2,1H3. The summed E-state index contributed by atoms with van der Waals surface area (Å²) in [7, 11) is 0. The lowest BCUT2D eigenvalue weighted by Crippen LogP contribution is -2.22. The molecule has 2 heterocycles. The third-order valence-corrected chi connectivity index (χ3v) is 4.13. The van der Waals surface area contributed by atoms with Crippen LogP contribution in [0.4, 0.5) is 0 Å². The maximum absolute atomic E-state index is 9.14. The van der Waals surface area contributed by atoms with Gasteiger partial charge in [-0.25, -0.2) is 4.98 Å². The van der Waals surface area contributed by atoms with E-state index >= 15 is 0 Å². The third kappa shape index (κ3) is 3.78. The first-order chi connectivity index (χ1) is 11.3. The Balaban J connectivity index is 1.75. The Kier molecular flexibility index (Phi) is 5.05. The average molecular weight is 309 g/mol. The molecular formula is C19H23N3O. The van der Waals surface area contributed by atoms with Gasteiger partial charge in [-0.3, -0.25) is 0 Å². The van der Waals surface area contributed by atoms with Gasteiger partial charge in [-0.1, -0.05) is 30.3 Å². The summed E-state index contributed by atoms with van der Waals surface area (Å²) in [6.45, 7) is 3.04. The van der Waals surface area contributed by atoms with E-state index in [1.54, 1.807) is 0 Å². The highest BCUT2D eigenvalue weighted by Crippen LogP contribution is 2.19. The molecule has 4 heteroatoms. The van der Waals surface area contributed by atoms with E-state index < -0.39 is 0 Å². The van der Waals surface area contributed by atoms with Gasteiger partial charge < -0.3 is 14.8 Å². The van der Waals surface area contributed by atoms with E-state index in [9.17, 15) is 0 Å². The number of fused-ring (bicyclic) bond motifs is 1. The molecule has 3 aromatic rings.